The van der Waals surface area contributed by atoms with Crippen LogP contribution < -0.4 is 10.6 Å². The average molecular weight is 345 g/mol. The van der Waals surface area contributed by atoms with Crippen LogP contribution in [0.5, 0.6) is 0 Å². The van der Waals surface area contributed by atoms with E-state index >= 15 is 0 Å². The van der Waals surface area contributed by atoms with Gasteiger partial charge >= 0.3 is 0 Å². The molecule has 0 radical (unpaired) electrons. The van der Waals surface area contributed by atoms with Gasteiger partial charge in [0.25, 0.3) is 5.91 Å². The van der Waals surface area contributed by atoms with E-state index in [1.165, 1.54) is 5.56 Å². The Bertz CT molecular complexity index is 845. The minimum absolute atomic E-state index is 0.0898. The molecule has 1 amide bonds. The zero-order valence-electron chi connectivity index (χ0n) is 14.9. The highest BCUT2D eigenvalue weighted by Gasteiger charge is 2.06. The van der Waals surface area contributed by atoms with Crippen LogP contribution in [0.4, 0.5) is 11.5 Å². The SMILES string of the molecule is Cc1ccccc1Nc1ccc(C(=O)NCCCc2ccccc2)cn1. The second-order valence-electron chi connectivity index (χ2n) is 6.22. The maximum Gasteiger partial charge on any atom is 0.252 e. The van der Waals surface area contributed by atoms with Crippen molar-refractivity contribution in [1.29, 1.82) is 0 Å². The van der Waals surface area contributed by atoms with Crippen LogP contribution in [-0.2, 0) is 6.42 Å². The van der Waals surface area contributed by atoms with Gasteiger partial charge in [0.05, 0.1) is 5.56 Å². The summed E-state index contributed by atoms with van der Waals surface area (Å²) in [5, 5.41) is 6.21. The molecule has 0 fully saturated rings. The Balaban J connectivity index is 1.48. The molecule has 0 aliphatic carbocycles. The van der Waals surface area contributed by atoms with Crippen molar-refractivity contribution in [1.82, 2.24) is 10.3 Å². The minimum atomic E-state index is -0.0898. The lowest BCUT2D eigenvalue weighted by Crippen LogP contribution is -2.24. The quantitative estimate of drug-likeness (QED) is 0.620. The summed E-state index contributed by atoms with van der Waals surface area (Å²) in [5.41, 5.74) is 4.02. The Kier molecular flexibility index (Phi) is 5.99. The average Bonchev–Trinajstić information content (AvgIpc) is 2.68. The highest BCUT2D eigenvalue weighted by molar-refractivity contribution is 5.94. The van der Waals surface area contributed by atoms with E-state index in [2.05, 4.69) is 27.8 Å². The first-order chi connectivity index (χ1) is 12.7. The lowest BCUT2D eigenvalue weighted by atomic mass is 10.1. The predicted octanol–water partition coefficient (Wildman–Crippen LogP) is 4.50. The predicted molar refractivity (Wildman–Crippen MR) is 106 cm³/mol. The third-order valence-corrected chi connectivity index (χ3v) is 4.20. The van der Waals surface area contributed by atoms with Crippen LogP contribution in [-0.4, -0.2) is 17.4 Å². The van der Waals surface area contributed by atoms with Crippen molar-refractivity contribution in [2.45, 2.75) is 19.8 Å². The van der Waals surface area contributed by atoms with Crippen molar-refractivity contribution < 1.29 is 4.79 Å². The summed E-state index contributed by atoms with van der Waals surface area (Å²) in [7, 11) is 0. The molecule has 0 saturated heterocycles. The second-order valence-corrected chi connectivity index (χ2v) is 6.22. The Morgan fingerprint density at radius 3 is 2.46 bits per heavy atom. The van der Waals surface area contributed by atoms with Gasteiger partial charge in [-0.15, -0.1) is 0 Å². The van der Waals surface area contributed by atoms with Gasteiger partial charge in [-0.2, -0.15) is 0 Å². The summed E-state index contributed by atoms with van der Waals surface area (Å²) >= 11 is 0. The van der Waals surface area contributed by atoms with Gasteiger partial charge in [0, 0.05) is 18.4 Å². The zero-order valence-corrected chi connectivity index (χ0v) is 14.9. The molecule has 0 saturated carbocycles. The highest BCUT2D eigenvalue weighted by atomic mass is 16.1. The first-order valence-corrected chi connectivity index (χ1v) is 8.83. The van der Waals surface area contributed by atoms with E-state index in [4.69, 9.17) is 0 Å². The maximum absolute atomic E-state index is 12.2. The van der Waals surface area contributed by atoms with Gasteiger partial charge in [-0.05, 0) is 49.1 Å². The molecule has 132 valence electrons. The number of aromatic nitrogens is 1. The number of pyridine rings is 1. The molecule has 1 heterocycles. The molecule has 2 aromatic carbocycles. The molecule has 4 heteroatoms. The van der Waals surface area contributed by atoms with Crippen molar-refractivity contribution in [2.24, 2.45) is 0 Å². The van der Waals surface area contributed by atoms with Gasteiger partial charge in [0.15, 0.2) is 0 Å². The first-order valence-electron chi connectivity index (χ1n) is 8.83. The number of hydrogen-bond donors (Lipinski definition) is 2. The number of para-hydroxylation sites is 1. The molecule has 0 bridgehead atoms. The number of carbonyl (C=O) groups is 1. The van der Waals surface area contributed by atoms with E-state index in [0.29, 0.717) is 12.1 Å². The fourth-order valence-corrected chi connectivity index (χ4v) is 2.69. The number of hydrogen-bond acceptors (Lipinski definition) is 3. The van der Waals surface area contributed by atoms with Crippen LogP contribution in [0.3, 0.4) is 0 Å². The third kappa shape index (κ3) is 4.93. The topological polar surface area (TPSA) is 54.0 Å². The second kappa shape index (κ2) is 8.81. The molecule has 0 aliphatic heterocycles. The van der Waals surface area contributed by atoms with Gasteiger partial charge in [-0.1, -0.05) is 48.5 Å². The largest absolute Gasteiger partial charge is 0.352 e. The molecule has 0 atom stereocenters. The molecule has 26 heavy (non-hydrogen) atoms. The Labute approximate surface area is 154 Å². The number of amides is 1. The van der Waals surface area contributed by atoms with Gasteiger partial charge < -0.3 is 10.6 Å². The van der Waals surface area contributed by atoms with E-state index < -0.39 is 0 Å². The highest BCUT2D eigenvalue weighted by Crippen LogP contribution is 2.18. The van der Waals surface area contributed by atoms with Crippen molar-refractivity contribution >= 4 is 17.4 Å². The molecule has 0 aliphatic rings. The van der Waals surface area contributed by atoms with Crippen molar-refractivity contribution in [3.63, 3.8) is 0 Å². The molecule has 3 aromatic rings. The number of aryl methyl sites for hydroxylation is 2. The summed E-state index contributed by atoms with van der Waals surface area (Å²) in [5.74, 6) is 0.632. The zero-order chi connectivity index (χ0) is 18.2. The van der Waals surface area contributed by atoms with E-state index in [9.17, 15) is 4.79 Å². The molecule has 4 nitrogen and oxygen atoms in total. The summed E-state index contributed by atoms with van der Waals surface area (Å²) in [6, 6.07) is 21.9. The molecular formula is C22H23N3O. The van der Waals surface area contributed by atoms with E-state index in [0.717, 1.165) is 29.9 Å². The van der Waals surface area contributed by atoms with Crippen LogP contribution in [0.1, 0.15) is 27.9 Å². The number of rotatable bonds is 7. The third-order valence-electron chi connectivity index (χ3n) is 4.20. The number of nitrogens with one attached hydrogen (secondary N) is 2. The molecular weight excluding hydrogens is 322 g/mol. The minimum Gasteiger partial charge on any atom is -0.352 e. The molecule has 0 unspecified atom stereocenters. The van der Waals surface area contributed by atoms with E-state index in [1.807, 2.05) is 55.5 Å². The Morgan fingerprint density at radius 2 is 1.73 bits per heavy atom. The van der Waals surface area contributed by atoms with Gasteiger partial charge in [0.1, 0.15) is 5.82 Å². The molecule has 3 rings (SSSR count). The Hall–Kier alpha value is -3.14. The fourth-order valence-electron chi connectivity index (χ4n) is 2.69. The van der Waals surface area contributed by atoms with Crippen LogP contribution in [0.15, 0.2) is 72.9 Å². The van der Waals surface area contributed by atoms with Crippen molar-refractivity contribution in [2.75, 3.05) is 11.9 Å². The number of nitrogens with zero attached hydrogens (tertiary/aromatic N) is 1. The molecule has 0 spiro atoms. The van der Waals surface area contributed by atoms with E-state index in [-0.39, 0.29) is 5.91 Å². The van der Waals surface area contributed by atoms with Gasteiger partial charge in [0.2, 0.25) is 0 Å². The van der Waals surface area contributed by atoms with Crippen LogP contribution in [0.2, 0.25) is 0 Å². The first kappa shape index (κ1) is 17.7. The smallest absolute Gasteiger partial charge is 0.252 e. The van der Waals surface area contributed by atoms with Crippen molar-refractivity contribution in [3.05, 3.63) is 89.6 Å². The standard InChI is InChI=1S/C22H23N3O/c1-17-8-5-6-12-20(17)25-21-14-13-19(16-24-21)22(26)23-15-7-11-18-9-3-2-4-10-18/h2-6,8-10,12-14,16H,7,11,15H2,1H3,(H,23,26)(H,24,25). The molecule has 2 N–H and O–H groups in total. The number of benzene rings is 2. The van der Waals surface area contributed by atoms with Gasteiger partial charge in [-0.25, -0.2) is 4.98 Å². The van der Waals surface area contributed by atoms with Crippen LogP contribution in [0.25, 0.3) is 0 Å². The normalized spacial score (nSPS) is 10.3. The Morgan fingerprint density at radius 1 is 0.962 bits per heavy atom. The summed E-state index contributed by atoms with van der Waals surface area (Å²) in [4.78, 5) is 16.5. The monoisotopic (exact) mass is 345 g/mol. The fraction of sp³-hybridized carbons (Fsp3) is 0.182. The van der Waals surface area contributed by atoms with E-state index in [1.54, 1.807) is 12.3 Å². The summed E-state index contributed by atoms with van der Waals surface area (Å²) in [6.07, 6.45) is 3.47. The number of anilines is 2. The lowest BCUT2D eigenvalue weighted by Gasteiger charge is -2.09. The van der Waals surface area contributed by atoms with Crippen LogP contribution in [0, 0.1) is 6.92 Å². The summed E-state index contributed by atoms with van der Waals surface area (Å²) < 4.78 is 0. The van der Waals surface area contributed by atoms with Crippen LogP contribution >= 0.6 is 0 Å². The lowest BCUT2D eigenvalue weighted by molar-refractivity contribution is 0.0953. The molecule has 1 aromatic heterocycles. The van der Waals surface area contributed by atoms with Crippen molar-refractivity contribution in [3.8, 4) is 0 Å². The maximum atomic E-state index is 12.2. The van der Waals surface area contributed by atoms with Gasteiger partial charge in [-0.3, -0.25) is 4.79 Å². The summed E-state index contributed by atoms with van der Waals surface area (Å²) in [6.45, 7) is 2.69. The number of carbonyl (C=O) groups excluding carboxylic acids is 1.